The molecule has 5 nitrogen and oxygen atoms in total. The second-order valence-corrected chi connectivity index (χ2v) is 5.84. The van der Waals surface area contributed by atoms with Crippen LogP contribution >= 0.6 is 0 Å². The van der Waals surface area contributed by atoms with E-state index in [0.29, 0.717) is 5.69 Å². The molecule has 0 spiro atoms. The quantitative estimate of drug-likeness (QED) is 0.773. The summed E-state index contributed by atoms with van der Waals surface area (Å²) in [7, 11) is 1.95. The number of aryl methyl sites for hydroxylation is 2. The fourth-order valence-corrected chi connectivity index (χ4v) is 2.82. The van der Waals surface area contributed by atoms with Crippen LogP contribution in [0.15, 0.2) is 48.7 Å². The minimum Gasteiger partial charge on any atom is -0.478 e. The number of fused-ring (bicyclic) bond motifs is 1. The number of hydrogen-bond acceptors (Lipinski definition) is 2. The van der Waals surface area contributed by atoms with Crippen molar-refractivity contribution in [3.63, 3.8) is 0 Å². The molecule has 1 heterocycles. The van der Waals surface area contributed by atoms with Crippen LogP contribution in [0.2, 0.25) is 0 Å². The zero-order valence-corrected chi connectivity index (χ0v) is 13.5. The van der Waals surface area contributed by atoms with Gasteiger partial charge in [-0.15, -0.1) is 0 Å². The van der Waals surface area contributed by atoms with Crippen LogP contribution in [0.4, 0.5) is 5.69 Å². The maximum absolute atomic E-state index is 12.4. The van der Waals surface area contributed by atoms with E-state index in [4.69, 9.17) is 5.11 Å². The van der Waals surface area contributed by atoms with Gasteiger partial charge in [-0.2, -0.15) is 0 Å². The molecule has 0 atom stereocenters. The summed E-state index contributed by atoms with van der Waals surface area (Å²) in [5.41, 5.74) is 3.52. The minimum absolute atomic E-state index is 0.154. The summed E-state index contributed by atoms with van der Waals surface area (Å²) in [6.07, 6.45) is 2.18. The number of carbonyl (C=O) groups is 2. The average Bonchev–Trinajstić information content (AvgIpc) is 2.86. The Kier molecular flexibility index (Phi) is 4.08. The van der Waals surface area contributed by atoms with E-state index < -0.39 is 5.97 Å². The first-order valence-corrected chi connectivity index (χ1v) is 7.62. The van der Waals surface area contributed by atoms with Crippen LogP contribution in [0, 0.1) is 6.92 Å². The lowest BCUT2D eigenvalue weighted by Gasteiger charge is -2.09. The topological polar surface area (TPSA) is 71.3 Å². The van der Waals surface area contributed by atoms with Gasteiger partial charge in [0.1, 0.15) is 0 Å². The Morgan fingerprint density at radius 1 is 1.17 bits per heavy atom. The van der Waals surface area contributed by atoms with Crippen molar-refractivity contribution in [1.82, 2.24) is 4.57 Å². The highest BCUT2D eigenvalue weighted by Gasteiger charge is 2.13. The summed E-state index contributed by atoms with van der Waals surface area (Å²) in [5, 5.41) is 12.9. The monoisotopic (exact) mass is 322 g/mol. The molecule has 1 aromatic heterocycles. The van der Waals surface area contributed by atoms with Crippen LogP contribution in [0.3, 0.4) is 0 Å². The van der Waals surface area contributed by atoms with E-state index in [2.05, 4.69) is 5.32 Å². The minimum atomic E-state index is -1.01. The summed E-state index contributed by atoms with van der Waals surface area (Å²) in [4.78, 5) is 23.5. The Hall–Kier alpha value is -3.08. The van der Waals surface area contributed by atoms with Crippen molar-refractivity contribution in [3.05, 3.63) is 65.4 Å². The lowest BCUT2D eigenvalue weighted by atomic mass is 10.1. The van der Waals surface area contributed by atoms with E-state index in [-0.39, 0.29) is 17.9 Å². The van der Waals surface area contributed by atoms with Gasteiger partial charge in [0.25, 0.3) is 0 Å². The first kappa shape index (κ1) is 15.8. The number of aromatic carboxylic acids is 1. The summed E-state index contributed by atoms with van der Waals surface area (Å²) in [6.45, 7) is 1.83. The molecular weight excluding hydrogens is 304 g/mol. The molecule has 3 rings (SSSR count). The van der Waals surface area contributed by atoms with E-state index >= 15 is 0 Å². The van der Waals surface area contributed by atoms with Crippen molar-refractivity contribution in [2.45, 2.75) is 13.3 Å². The number of amides is 1. The third-order valence-corrected chi connectivity index (χ3v) is 4.09. The van der Waals surface area contributed by atoms with E-state index in [1.807, 2.05) is 49.0 Å². The molecule has 3 aromatic rings. The van der Waals surface area contributed by atoms with Gasteiger partial charge in [0.2, 0.25) is 5.91 Å². The summed E-state index contributed by atoms with van der Waals surface area (Å²) < 4.78 is 1.99. The predicted octanol–water partition coefficient (Wildman–Crippen LogP) is 3.37. The van der Waals surface area contributed by atoms with Crippen molar-refractivity contribution >= 4 is 28.5 Å². The first-order valence-electron chi connectivity index (χ1n) is 7.62. The van der Waals surface area contributed by atoms with Gasteiger partial charge < -0.3 is 15.0 Å². The van der Waals surface area contributed by atoms with Gasteiger partial charge in [-0.3, -0.25) is 4.79 Å². The van der Waals surface area contributed by atoms with Crippen molar-refractivity contribution < 1.29 is 14.7 Å². The third-order valence-electron chi connectivity index (χ3n) is 4.09. The normalized spacial score (nSPS) is 10.8. The van der Waals surface area contributed by atoms with Gasteiger partial charge in [-0.25, -0.2) is 4.79 Å². The standard InChI is InChI=1S/C19H18N2O3/c1-12-7-8-13(19(23)24)9-16(12)20-18(22)10-14-11-21(2)17-6-4-3-5-15(14)17/h3-9,11H,10H2,1-2H3,(H,20,22)(H,23,24). The Bertz CT molecular complexity index is 941. The van der Waals surface area contributed by atoms with Crippen molar-refractivity contribution in [3.8, 4) is 0 Å². The predicted molar refractivity (Wildman–Crippen MR) is 93.4 cm³/mol. The lowest BCUT2D eigenvalue weighted by molar-refractivity contribution is -0.115. The molecule has 0 saturated heterocycles. The maximum Gasteiger partial charge on any atom is 0.335 e. The van der Waals surface area contributed by atoms with Crippen molar-refractivity contribution in [1.29, 1.82) is 0 Å². The van der Waals surface area contributed by atoms with Gasteiger partial charge in [0, 0.05) is 29.8 Å². The SMILES string of the molecule is Cc1ccc(C(=O)O)cc1NC(=O)Cc1cn(C)c2ccccc12. The van der Waals surface area contributed by atoms with Gasteiger partial charge in [-0.1, -0.05) is 24.3 Å². The molecule has 0 aliphatic rings. The number of carboxylic acid groups (broad SMARTS) is 1. The number of anilines is 1. The molecule has 0 aliphatic heterocycles. The number of hydrogen-bond donors (Lipinski definition) is 2. The number of benzene rings is 2. The number of rotatable bonds is 4. The van der Waals surface area contributed by atoms with Gasteiger partial charge >= 0.3 is 5.97 Å². The number of carboxylic acids is 1. The molecular formula is C19H18N2O3. The highest BCUT2D eigenvalue weighted by atomic mass is 16.4. The average molecular weight is 322 g/mol. The van der Waals surface area contributed by atoms with Crippen LogP contribution in [-0.4, -0.2) is 21.6 Å². The molecule has 0 unspecified atom stereocenters. The summed E-state index contributed by atoms with van der Waals surface area (Å²) in [6, 6.07) is 12.6. The zero-order chi connectivity index (χ0) is 17.3. The number of nitrogens with one attached hydrogen (secondary N) is 1. The summed E-state index contributed by atoms with van der Waals surface area (Å²) >= 11 is 0. The Balaban J connectivity index is 1.83. The van der Waals surface area contributed by atoms with Crippen molar-refractivity contribution in [2.24, 2.45) is 7.05 Å². The molecule has 0 fully saturated rings. The molecule has 0 bridgehead atoms. The molecule has 1 amide bonds. The second kappa shape index (κ2) is 6.20. The smallest absolute Gasteiger partial charge is 0.335 e. The van der Waals surface area contributed by atoms with E-state index in [1.165, 1.54) is 12.1 Å². The van der Waals surface area contributed by atoms with Crippen LogP contribution in [0.5, 0.6) is 0 Å². The first-order chi connectivity index (χ1) is 11.5. The number of carbonyl (C=O) groups excluding carboxylic acids is 1. The number of para-hydroxylation sites is 1. The molecule has 0 radical (unpaired) electrons. The van der Waals surface area contributed by atoms with Gasteiger partial charge in [-0.05, 0) is 36.2 Å². The van der Waals surface area contributed by atoms with Gasteiger partial charge in [0.15, 0.2) is 0 Å². The molecule has 122 valence electrons. The van der Waals surface area contributed by atoms with Crippen LogP contribution in [-0.2, 0) is 18.3 Å². The molecule has 2 aromatic carbocycles. The Morgan fingerprint density at radius 3 is 2.67 bits per heavy atom. The van der Waals surface area contributed by atoms with Crippen molar-refractivity contribution in [2.75, 3.05) is 5.32 Å². The van der Waals surface area contributed by atoms with E-state index in [9.17, 15) is 9.59 Å². The Labute approximate surface area is 139 Å². The van der Waals surface area contributed by atoms with Crippen LogP contribution in [0.1, 0.15) is 21.5 Å². The summed E-state index contributed by atoms with van der Waals surface area (Å²) in [5.74, 6) is -1.18. The number of aromatic nitrogens is 1. The van der Waals surface area contributed by atoms with Crippen LogP contribution in [0.25, 0.3) is 10.9 Å². The molecule has 24 heavy (non-hydrogen) atoms. The molecule has 5 heteroatoms. The second-order valence-electron chi connectivity index (χ2n) is 5.84. The molecule has 2 N–H and O–H groups in total. The van der Waals surface area contributed by atoms with E-state index in [1.54, 1.807) is 6.07 Å². The fourth-order valence-electron chi connectivity index (χ4n) is 2.82. The maximum atomic E-state index is 12.4. The lowest BCUT2D eigenvalue weighted by Crippen LogP contribution is -2.15. The number of nitrogens with zero attached hydrogens (tertiary/aromatic N) is 1. The van der Waals surface area contributed by atoms with Crippen LogP contribution < -0.4 is 5.32 Å². The molecule has 0 aliphatic carbocycles. The Morgan fingerprint density at radius 2 is 1.92 bits per heavy atom. The van der Waals surface area contributed by atoms with Gasteiger partial charge in [0.05, 0.1) is 12.0 Å². The zero-order valence-electron chi connectivity index (χ0n) is 13.5. The highest BCUT2D eigenvalue weighted by Crippen LogP contribution is 2.22. The largest absolute Gasteiger partial charge is 0.478 e. The highest BCUT2D eigenvalue weighted by molar-refractivity contribution is 5.97. The van der Waals surface area contributed by atoms with E-state index in [0.717, 1.165) is 22.0 Å². The third kappa shape index (κ3) is 3.01. The molecule has 0 saturated carbocycles. The fraction of sp³-hybridized carbons (Fsp3) is 0.158.